The van der Waals surface area contributed by atoms with E-state index in [-0.39, 0.29) is 0 Å². The number of carbonyl (C=O) groups is 1. The summed E-state index contributed by atoms with van der Waals surface area (Å²) in [6, 6.07) is 7.01. The molecule has 0 aliphatic rings. The number of hydrogen-bond acceptors (Lipinski definition) is 7. The number of hydrogen-bond donors (Lipinski definition) is 2. The first-order valence-corrected chi connectivity index (χ1v) is 7.54. The highest BCUT2D eigenvalue weighted by atomic mass is 16.5. The number of aryl methyl sites for hydroxylation is 2. The summed E-state index contributed by atoms with van der Waals surface area (Å²) < 4.78 is 10.4. The molecule has 2 rings (SSSR count). The second kappa shape index (κ2) is 8.09. The summed E-state index contributed by atoms with van der Waals surface area (Å²) in [7, 11) is 1.49. The van der Waals surface area contributed by atoms with Crippen molar-refractivity contribution in [1.82, 2.24) is 9.97 Å². The van der Waals surface area contributed by atoms with Gasteiger partial charge in [-0.05, 0) is 45.0 Å². The van der Waals surface area contributed by atoms with E-state index >= 15 is 0 Å². The van der Waals surface area contributed by atoms with Crippen LogP contribution in [0.5, 0.6) is 11.5 Å². The average Bonchev–Trinajstić information content (AvgIpc) is 2.56. The minimum atomic E-state index is -1.05. The number of ether oxygens (including phenoxy) is 2. The van der Waals surface area contributed by atoms with E-state index in [4.69, 9.17) is 14.6 Å². The molecule has 0 saturated heterocycles. The average molecular weight is 344 g/mol. The first kappa shape index (κ1) is 18.2. The zero-order chi connectivity index (χ0) is 18.4. The van der Waals surface area contributed by atoms with E-state index in [0.717, 1.165) is 17.0 Å². The number of anilines is 1. The molecule has 2 N–H and O–H groups in total. The zero-order valence-electron chi connectivity index (χ0n) is 14.5. The number of methoxy groups -OCH3 is 1. The number of aromatic nitrogens is 2. The van der Waals surface area contributed by atoms with Crippen molar-refractivity contribution in [2.75, 3.05) is 19.1 Å². The summed E-state index contributed by atoms with van der Waals surface area (Å²) >= 11 is 0. The highest BCUT2D eigenvalue weighted by Gasteiger charge is 2.09. The van der Waals surface area contributed by atoms with Gasteiger partial charge in [0.1, 0.15) is 0 Å². The maximum absolute atomic E-state index is 10.6. The fraction of sp³-hybridized carbons (Fsp3) is 0.294. The van der Waals surface area contributed by atoms with Gasteiger partial charge in [-0.1, -0.05) is 0 Å². The topological polar surface area (TPSA) is 106 Å². The summed E-state index contributed by atoms with van der Waals surface area (Å²) in [4.78, 5) is 19.1. The molecule has 0 fully saturated rings. The molecule has 0 amide bonds. The first-order valence-electron chi connectivity index (χ1n) is 7.54. The van der Waals surface area contributed by atoms with Crippen molar-refractivity contribution in [1.29, 1.82) is 0 Å². The third-order valence-corrected chi connectivity index (χ3v) is 3.24. The first-order chi connectivity index (χ1) is 11.9. The molecule has 0 radical (unpaired) electrons. The molecule has 25 heavy (non-hydrogen) atoms. The molecule has 1 heterocycles. The standard InChI is InChI=1S/C17H20N4O4/c1-10-7-11(2)19-17(18-10)21-20-12(3)13-5-6-14(15(8-13)24-4)25-9-16(22)23/h5-8H,9H2,1-4H3,(H,22,23)(H,18,19,21)/b20-12-. The lowest BCUT2D eigenvalue weighted by Gasteiger charge is -2.11. The monoisotopic (exact) mass is 344 g/mol. The molecule has 2 aromatic rings. The molecule has 0 unspecified atom stereocenters. The van der Waals surface area contributed by atoms with Crippen LogP contribution < -0.4 is 14.9 Å². The highest BCUT2D eigenvalue weighted by molar-refractivity contribution is 5.99. The van der Waals surface area contributed by atoms with Crippen molar-refractivity contribution in [3.05, 3.63) is 41.2 Å². The van der Waals surface area contributed by atoms with Crippen LogP contribution in [0.3, 0.4) is 0 Å². The van der Waals surface area contributed by atoms with Gasteiger partial charge in [-0.2, -0.15) is 5.10 Å². The Kier molecular flexibility index (Phi) is 5.89. The molecule has 0 bridgehead atoms. The van der Waals surface area contributed by atoms with Crippen molar-refractivity contribution in [3.8, 4) is 11.5 Å². The third-order valence-electron chi connectivity index (χ3n) is 3.24. The van der Waals surface area contributed by atoms with Gasteiger partial charge < -0.3 is 14.6 Å². The van der Waals surface area contributed by atoms with Crippen LogP contribution >= 0.6 is 0 Å². The fourth-order valence-corrected chi connectivity index (χ4v) is 2.13. The molecule has 1 aromatic heterocycles. The normalized spacial score (nSPS) is 11.1. The maximum Gasteiger partial charge on any atom is 0.341 e. The number of carboxylic acid groups (broad SMARTS) is 1. The Hall–Kier alpha value is -3.16. The van der Waals surface area contributed by atoms with Crippen LogP contribution in [0, 0.1) is 13.8 Å². The minimum absolute atomic E-state index is 0.354. The Labute approximate surface area is 145 Å². The molecule has 0 spiro atoms. The second-order valence-electron chi connectivity index (χ2n) is 5.33. The van der Waals surface area contributed by atoms with Crippen LogP contribution in [0.25, 0.3) is 0 Å². The number of aliphatic carboxylic acids is 1. The van der Waals surface area contributed by atoms with Gasteiger partial charge in [0.2, 0.25) is 5.95 Å². The number of nitrogens with zero attached hydrogens (tertiary/aromatic N) is 3. The largest absolute Gasteiger partial charge is 0.493 e. The van der Waals surface area contributed by atoms with Crippen molar-refractivity contribution in [3.63, 3.8) is 0 Å². The molecule has 132 valence electrons. The maximum atomic E-state index is 10.6. The molecular formula is C17H20N4O4. The Balaban J connectivity index is 2.17. The number of benzene rings is 1. The van der Waals surface area contributed by atoms with Crippen molar-refractivity contribution in [2.45, 2.75) is 20.8 Å². The number of nitrogens with one attached hydrogen (secondary N) is 1. The number of rotatable bonds is 7. The summed E-state index contributed by atoms with van der Waals surface area (Å²) in [5.74, 6) is 0.148. The van der Waals surface area contributed by atoms with Crippen LogP contribution in [0.4, 0.5) is 5.95 Å². The summed E-state index contributed by atoms with van der Waals surface area (Å²) in [6.07, 6.45) is 0. The second-order valence-corrected chi connectivity index (χ2v) is 5.33. The SMILES string of the molecule is COc1cc(/C(C)=N\Nc2nc(C)cc(C)n2)ccc1OCC(=O)O. The van der Waals surface area contributed by atoms with E-state index in [2.05, 4.69) is 20.5 Å². The van der Waals surface area contributed by atoms with Crippen molar-refractivity contribution in [2.24, 2.45) is 5.10 Å². The lowest BCUT2D eigenvalue weighted by atomic mass is 10.1. The zero-order valence-corrected chi connectivity index (χ0v) is 14.5. The molecular weight excluding hydrogens is 324 g/mol. The highest BCUT2D eigenvalue weighted by Crippen LogP contribution is 2.28. The third kappa shape index (κ3) is 5.17. The summed E-state index contributed by atoms with van der Waals surface area (Å²) in [6.45, 7) is 5.16. The van der Waals surface area contributed by atoms with Crippen LogP contribution in [-0.4, -0.2) is 40.5 Å². The fourth-order valence-electron chi connectivity index (χ4n) is 2.13. The molecule has 0 aliphatic carbocycles. The van der Waals surface area contributed by atoms with Gasteiger partial charge >= 0.3 is 5.97 Å². The van der Waals surface area contributed by atoms with Crippen LogP contribution in [0.1, 0.15) is 23.9 Å². The van der Waals surface area contributed by atoms with Gasteiger partial charge in [0, 0.05) is 17.0 Å². The molecule has 0 aliphatic heterocycles. The Morgan fingerprint density at radius 1 is 1.20 bits per heavy atom. The van der Waals surface area contributed by atoms with Crippen LogP contribution in [0.2, 0.25) is 0 Å². The lowest BCUT2D eigenvalue weighted by molar-refractivity contribution is -0.139. The predicted molar refractivity (Wildman–Crippen MR) is 93.5 cm³/mol. The van der Waals surface area contributed by atoms with Gasteiger partial charge in [-0.25, -0.2) is 20.2 Å². The van der Waals surface area contributed by atoms with E-state index in [9.17, 15) is 4.79 Å². The molecule has 0 saturated carbocycles. The number of carboxylic acids is 1. The lowest BCUT2D eigenvalue weighted by Crippen LogP contribution is -2.10. The minimum Gasteiger partial charge on any atom is -0.493 e. The van der Waals surface area contributed by atoms with E-state index in [1.807, 2.05) is 26.8 Å². The van der Waals surface area contributed by atoms with Crippen LogP contribution in [-0.2, 0) is 4.79 Å². The quantitative estimate of drug-likeness (QED) is 0.587. The van der Waals surface area contributed by atoms with Gasteiger partial charge in [0.25, 0.3) is 0 Å². The smallest absolute Gasteiger partial charge is 0.341 e. The Morgan fingerprint density at radius 3 is 2.48 bits per heavy atom. The molecule has 8 heteroatoms. The Bertz CT molecular complexity index is 785. The summed E-state index contributed by atoms with van der Waals surface area (Å²) in [5.41, 5.74) is 6.01. The van der Waals surface area contributed by atoms with E-state index in [1.165, 1.54) is 7.11 Å². The predicted octanol–water partition coefficient (Wildman–Crippen LogP) is 2.40. The van der Waals surface area contributed by atoms with Gasteiger partial charge in [-0.3, -0.25) is 0 Å². The van der Waals surface area contributed by atoms with Crippen molar-refractivity contribution >= 4 is 17.6 Å². The van der Waals surface area contributed by atoms with E-state index in [0.29, 0.717) is 23.2 Å². The van der Waals surface area contributed by atoms with Crippen molar-refractivity contribution < 1.29 is 19.4 Å². The summed E-state index contributed by atoms with van der Waals surface area (Å²) in [5, 5.41) is 13.0. The van der Waals surface area contributed by atoms with Crippen LogP contribution in [0.15, 0.2) is 29.4 Å². The number of hydrazone groups is 1. The van der Waals surface area contributed by atoms with E-state index < -0.39 is 12.6 Å². The molecule has 8 nitrogen and oxygen atoms in total. The molecule has 0 atom stereocenters. The van der Waals surface area contributed by atoms with Gasteiger partial charge in [-0.15, -0.1) is 0 Å². The van der Waals surface area contributed by atoms with E-state index in [1.54, 1.807) is 18.2 Å². The van der Waals surface area contributed by atoms with Gasteiger partial charge in [0.05, 0.1) is 12.8 Å². The molecule has 1 aromatic carbocycles. The Morgan fingerprint density at radius 2 is 1.88 bits per heavy atom. The van der Waals surface area contributed by atoms with Gasteiger partial charge in [0.15, 0.2) is 18.1 Å².